The Bertz CT molecular complexity index is 262. The Morgan fingerprint density at radius 1 is 1.50 bits per heavy atom. The molecular weight excluding hydrogens is 193 g/mol. The van der Waals surface area contributed by atoms with Crippen molar-refractivity contribution in [1.82, 2.24) is 0 Å². The van der Waals surface area contributed by atoms with Gasteiger partial charge in [-0.25, -0.2) is 0 Å². The molecule has 1 aromatic rings. The molecule has 2 N–H and O–H groups in total. The number of nitrogens with one attached hydrogen (secondary N) is 1. The average Bonchev–Trinajstić information content (AvgIpc) is 2.33. The second-order valence-corrected chi connectivity index (χ2v) is 4.28. The molecule has 0 aliphatic carbocycles. The number of phenolic OH excluding ortho intramolecular Hbond substituents is 1. The molecule has 0 saturated carbocycles. The third kappa shape index (κ3) is 0.877. The summed E-state index contributed by atoms with van der Waals surface area (Å²) >= 11 is 0.572. The van der Waals surface area contributed by atoms with Crippen molar-refractivity contribution >= 4 is 25.1 Å². The van der Waals surface area contributed by atoms with Crippen LogP contribution >= 0.6 is 0 Å². The first kappa shape index (κ1) is 6.08. The van der Waals surface area contributed by atoms with E-state index in [1.165, 1.54) is 4.46 Å². The number of aromatic hydroxyl groups is 1. The summed E-state index contributed by atoms with van der Waals surface area (Å²) in [6, 6.07) is 5.52. The zero-order chi connectivity index (χ0) is 6.97. The maximum absolute atomic E-state index is 9.06. The number of anilines is 1. The molecule has 0 radical (unpaired) electrons. The molecule has 2 nitrogen and oxygen atoms in total. The number of benzene rings is 1. The van der Waals surface area contributed by atoms with Gasteiger partial charge >= 0.3 is 64.9 Å². The van der Waals surface area contributed by atoms with Gasteiger partial charge in [-0.3, -0.25) is 0 Å². The molecular formula is C7H7NOSe. The molecule has 1 aliphatic rings. The molecule has 0 saturated heterocycles. The summed E-state index contributed by atoms with van der Waals surface area (Å²) in [7, 11) is 0. The van der Waals surface area contributed by atoms with Crippen molar-refractivity contribution in [3.8, 4) is 5.75 Å². The minimum atomic E-state index is 0.351. The Kier molecular flexibility index (Phi) is 1.33. The van der Waals surface area contributed by atoms with E-state index in [1.54, 1.807) is 12.1 Å². The van der Waals surface area contributed by atoms with Crippen molar-refractivity contribution in [1.29, 1.82) is 0 Å². The van der Waals surface area contributed by atoms with Crippen molar-refractivity contribution in [2.24, 2.45) is 0 Å². The standard InChI is InChI=1S/C7H7NOSe/c9-5-1-2-7-6(3-5)8-4-10-7/h1-3,8-9H,4H2. The quantitative estimate of drug-likeness (QED) is 0.582. The molecule has 0 aromatic heterocycles. The van der Waals surface area contributed by atoms with Crippen molar-refractivity contribution in [2.75, 3.05) is 10.8 Å². The predicted molar refractivity (Wildman–Crippen MR) is 42.0 cm³/mol. The monoisotopic (exact) mass is 201 g/mol. The van der Waals surface area contributed by atoms with Crippen LogP contribution < -0.4 is 9.78 Å². The SMILES string of the molecule is Oc1ccc2c(c1)NC[Se]2. The molecule has 2 rings (SSSR count). The van der Waals surface area contributed by atoms with Crippen molar-refractivity contribution in [3.63, 3.8) is 0 Å². The van der Waals surface area contributed by atoms with Crippen molar-refractivity contribution in [3.05, 3.63) is 18.2 Å². The van der Waals surface area contributed by atoms with Crippen LogP contribution in [0.3, 0.4) is 0 Å². The van der Waals surface area contributed by atoms with Gasteiger partial charge in [0.25, 0.3) is 0 Å². The number of rotatable bonds is 0. The number of hydrogen-bond acceptors (Lipinski definition) is 2. The van der Waals surface area contributed by atoms with Crippen LogP contribution in [-0.2, 0) is 0 Å². The minimum absolute atomic E-state index is 0.351. The van der Waals surface area contributed by atoms with E-state index in [-0.39, 0.29) is 0 Å². The Balaban J connectivity index is 2.52. The van der Waals surface area contributed by atoms with Gasteiger partial charge in [0.1, 0.15) is 0 Å². The van der Waals surface area contributed by atoms with Gasteiger partial charge in [-0.2, -0.15) is 0 Å². The summed E-state index contributed by atoms with van der Waals surface area (Å²) in [5.74, 6) is 0.351. The van der Waals surface area contributed by atoms with Gasteiger partial charge in [0.15, 0.2) is 0 Å². The van der Waals surface area contributed by atoms with Gasteiger partial charge in [0.05, 0.1) is 0 Å². The van der Waals surface area contributed by atoms with Gasteiger partial charge in [0.2, 0.25) is 0 Å². The number of fused-ring (bicyclic) bond motifs is 1. The van der Waals surface area contributed by atoms with Gasteiger partial charge in [-0.15, -0.1) is 0 Å². The molecule has 52 valence electrons. The van der Waals surface area contributed by atoms with Crippen LogP contribution in [-0.4, -0.2) is 25.5 Å². The van der Waals surface area contributed by atoms with Gasteiger partial charge in [-0.05, 0) is 0 Å². The Labute approximate surface area is 65.4 Å². The summed E-state index contributed by atoms with van der Waals surface area (Å²) in [6.07, 6.45) is 0. The summed E-state index contributed by atoms with van der Waals surface area (Å²) < 4.78 is 1.37. The van der Waals surface area contributed by atoms with Crippen LogP contribution in [0.15, 0.2) is 18.2 Å². The van der Waals surface area contributed by atoms with Gasteiger partial charge < -0.3 is 0 Å². The van der Waals surface area contributed by atoms with Crippen LogP contribution in [0, 0.1) is 0 Å². The van der Waals surface area contributed by atoms with Gasteiger partial charge in [0, 0.05) is 0 Å². The molecule has 0 unspecified atom stereocenters. The first-order valence-electron chi connectivity index (χ1n) is 3.06. The molecule has 3 heteroatoms. The van der Waals surface area contributed by atoms with Gasteiger partial charge in [-0.1, -0.05) is 0 Å². The third-order valence-electron chi connectivity index (χ3n) is 1.45. The molecule has 1 heterocycles. The fourth-order valence-electron chi connectivity index (χ4n) is 0.974. The third-order valence-corrected chi connectivity index (χ3v) is 3.46. The van der Waals surface area contributed by atoms with Crippen LogP contribution in [0.25, 0.3) is 0 Å². The number of hydrogen-bond donors (Lipinski definition) is 2. The van der Waals surface area contributed by atoms with E-state index in [1.807, 2.05) is 6.07 Å². The van der Waals surface area contributed by atoms with E-state index >= 15 is 0 Å². The second-order valence-electron chi connectivity index (χ2n) is 2.15. The first-order chi connectivity index (χ1) is 4.86. The summed E-state index contributed by atoms with van der Waals surface area (Å²) in [5, 5.41) is 12.3. The Morgan fingerprint density at radius 2 is 2.40 bits per heavy atom. The molecule has 0 fully saturated rings. The fraction of sp³-hybridized carbons (Fsp3) is 0.143. The molecule has 0 amide bonds. The zero-order valence-corrected chi connectivity index (χ0v) is 7.01. The van der Waals surface area contributed by atoms with Crippen molar-refractivity contribution in [2.45, 2.75) is 0 Å². The van der Waals surface area contributed by atoms with Crippen LogP contribution in [0.2, 0.25) is 0 Å². The molecule has 0 bridgehead atoms. The second kappa shape index (κ2) is 2.18. The number of phenols is 1. The molecule has 0 atom stereocenters. The topological polar surface area (TPSA) is 32.3 Å². The molecule has 0 spiro atoms. The summed E-state index contributed by atoms with van der Waals surface area (Å²) in [5.41, 5.74) is 2.17. The van der Waals surface area contributed by atoms with E-state index in [2.05, 4.69) is 5.32 Å². The Morgan fingerprint density at radius 3 is 3.30 bits per heavy atom. The fourth-order valence-corrected chi connectivity index (χ4v) is 2.72. The van der Waals surface area contributed by atoms with Crippen molar-refractivity contribution < 1.29 is 5.11 Å². The van der Waals surface area contributed by atoms with Crippen LogP contribution in [0.5, 0.6) is 5.75 Å². The zero-order valence-electron chi connectivity index (χ0n) is 5.29. The van der Waals surface area contributed by atoms with E-state index in [9.17, 15) is 0 Å². The van der Waals surface area contributed by atoms with Crippen LogP contribution in [0.4, 0.5) is 5.69 Å². The Hall–Kier alpha value is -0.661. The van der Waals surface area contributed by atoms with E-state index in [0.29, 0.717) is 20.7 Å². The van der Waals surface area contributed by atoms with E-state index in [4.69, 9.17) is 5.11 Å². The van der Waals surface area contributed by atoms with Crippen LogP contribution in [0.1, 0.15) is 0 Å². The maximum atomic E-state index is 9.06. The summed E-state index contributed by atoms with van der Waals surface area (Å²) in [4.78, 5) is 0. The predicted octanol–water partition coefficient (Wildman–Crippen LogP) is 0.105. The van der Waals surface area contributed by atoms with E-state index in [0.717, 1.165) is 11.1 Å². The van der Waals surface area contributed by atoms with E-state index < -0.39 is 0 Å². The molecule has 1 aliphatic heterocycles. The normalized spacial score (nSPS) is 14.4. The summed E-state index contributed by atoms with van der Waals surface area (Å²) in [6.45, 7) is 0. The average molecular weight is 200 g/mol. The molecule has 10 heavy (non-hydrogen) atoms. The molecule has 1 aromatic carbocycles. The first-order valence-corrected chi connectivity index (χ1v) is 5.13.